The van der Waals surface area contributed by atoms with E-state index in [1.165, 1.54) is 161 Å². The SMILES string of the molecule is CC/C=C\C/C=C\C/C=C\C/C=C\C/C=C\C/C=C\C/C=C\C/C=C\C/C=C\C/C=C\CCCCCCCCCCC(=O)OC(COC(=O)CCCCCCCCCCCCCCCCCCCCCCCCC/C=C\C/C=C\C/C=C\C/C=C\C/C=C\CC)COP(=O)(O)OCC[N+](C)(C)C. The summed E-state index contributed by atoms with van der Waals surface area (Å²) in [6.45, 7) is 4.21. The lowest BCUT2D eigenvalue weighted by atomic mass is 10.0. The number of esters is 2. The van der Waals surface area contributed by atoms with Gasteiger partial charge in [-0.2, -0.15) is 0 Å². The van der Waals surface area contributed by atoms with Gasteiger partial charge in [0.25, 0.3) is 0 Å². The molecule has 0 aliphatic rings. The number of ether oxygens (including phenoxy) is 2. The maximum absolute atomic E-state index is 12.9. The third-order valence-electron chi connectivity index (χ3n) is 17.4. The lowest BCUT2D eigenvalue weighted by molar-refractivity contribution is -0.870. The van der Waals surface area contributed by atoms with Crippen molar-refractivity contribution >= 4 is 19.8 Å². The molecular formula is C92H155NO8P+. The average molecular weight is 1430 g/mol. The van der Waals surface area contributed by atoms with Gasteiger partial charge in [0, 0.05) is 12.8 Å². The molecule has 0 aromatic carbocycles. The van der Waals surface area contributed by atoms with Crippen LogP contribution in [-0.2, 0) is 32.7 Å². The first-order valence-electron chi connectivity index (χ1n) is 41.5. The van der Waals surface area contributed by atoms with Gasteiger partial charge in [0.05, 0.1) is 27.7 Å². The Bertz CT molecular complexity index is 2390. The van der Waals surface area contributed by atoms with Crippen molar-refractivity contribution in [2.75, 3.05) is 47.5 Å². The quantitative estimate of drug-likeness (QED) is 0.0211. The predicted octanol–water partition coefficient (Wildman–Crippen LogP) is 28.2. The van der Waals surface area contributed by atoms with Crippen LogP contribution in [0, 0.1) is 0 Å². The predicted molar refractivity (Wildman–Crippen MR) is 445 cm³/mol. The van der Waals surface area contributed by atoms with Gasteiger partial charge in [-0.15, -0.1) is 0 Å². The number of rotatable bonds is 75. The summed E-state index contributed by atoms with van der Waals surface area (Å²) < 4.78 is 34.8. The highest BCUT2D eigenvalue weighted by atomic mass is 31.2. The van der Waals surface area contributed by atoms with Gasteiger partial charge in [-0.3, -0.25) is 18.6 Å². The molecule has 0 saturated heterocycles. The molecule has 0 aromatic heterocycles. The van der Waals surface area contributed by atoms with Crippen LogP contribution in [0.4, 0.5) is 0 Å². The van der Waals surface area contributed by atoms with Crippen molar-refractivity contribution in [1.82, 2.24) is 0 Å². The number of likely N-dealkylation sites (N-methyl/N-ethyl adjacent to an activating group) is 1. The van der Waals surface area contributed by atoms with Crippen LogP contribution in [0.5, 0.6) is 0 Å². The molecule has 0 bridgehead atoms. The van der Waals surface area contributed by atoms with E-state index in [1.807, 2.05) is 21.1 Å². The minimum absolute atomic E-state index is 0.0235. The number of phosphoric ester groups is 1. The van der Waals surface area contributed by atoms with Crippen LogP contribution in [0.2, 0.25) is 0 Å². The molecule has 10 heteroatoms. The van der Waals surface area contributed by atoms with Crippen LogP contribution < -0.4 is 0 Å². The van der Waals surface area contributed by atoms with Crippen molar-refractivity contribution in [3.05, 3.63) is 182 Å². The Kier molecular flexibility index (Phi) is 76.4. The number of carbonyl (C=O) groups excluding carboxylic acids is 2. The molecule has 0 aromatic rings. The molecule has 0 aliphatic heterocycles. The summed E-state index contributed by atoms with van der Waals surface area (Å²) in [6.07, 6.45) is 123. The average Bonchev–Trinajstić information content (AvgIpc) is 0.914. The molecule has 580 valence electrons. The highest BCUT2D eigenvalue weighted by molar-refractivity contribution is 7.47. The fourth-order valence-electron chi connectivity index (χ4n) is 11.2. The summed E-state index contributed by atoms with van der Waals surface area (Å²) in [5.74, 6) is -0.805. The molecule has 0 rings (SSSR count). The number of carbonyl (C=O) groups is 2. The number of phosphoric acid groups is 1. The van der Waals surface area contributed by atoms with Crippen LogP contribution in [0.25, 0.3) is 0 Å². The monoisotopic (exact) mass is 1430 g/mol. The van der Waals surface area contributed by atoms with Crippen LogP contribution in [0.15, 0.2) is 182 Å². The first kappa shape index (κ1) is 97.1. The van der Waals surface area contributed by atoms with Gasteiger partial charge in [0.2, 0.25) is 0 Å². The molecule has 0 radical (unpaired) electrons. The van der Waals surface area contributed by atoms with Crippen molar-refractivity contribution in [2.45, 2.75) is 341 Å². The number of hydrogen-bond donors (Lipinski definition) is 1. The Hall–Kier alpha value is -4.89. The summed E-state index contributed by atoms with van der Waals surface area (Å²) in [4.78, 5) is 36.0. The van der Waals surface area contributed by atoms with Gasteiger partial charge in [-0.1, -0.05) is 369 Å². The van der Waals surface area contributed by atoms with Crippen LogP contribution in [0.3, 0.4) is 0 Å². The van der Waals surface area contributed by atoms with E-state index in [4.69, 9.17) is 18.5 Å². The number of allylic oxidation sites excluding steroid dienone is 30. The molecule has 0 fully saturated rings. The van der Waals surface area contributed by atoms with Crippen molar-refractivity contribution in [3.63, 3.8) is 0 Å². The number of nitrogens with zero attached hydrogens (tertiary/aromatic N) is 1. The fourth-order valence-corrected chi connectivity index (χ4v) is 11.9. The summed E-state index contributed by atoms with van der Waals surface area (Å²) in [7, 11) is 1.46. The molecule has 0 heterocycles. The second-order valence-electron chi connectivity index (χ2n) is 28.4. The molecule has 102 heavy (non-hydrogen) atoms. The third-order valence-corrected chi connectivity index (χ3v) is 18.4. The van der Waals surface area contributed by atoms with Crippen molar-refractivity contribution < 1.29 is 42.1 Å². The fraction of sp³-hybridized carbons (Fsp3) is 0.652. The first-order chi connectivity index (χ1) is 50.0. The highest BCUT2D eigenvalue weighted by Crippen LogP contribution is 2.43. The highest BCUT2D eigenvalue weighted by Gasteiger charge is 2.27. The summed E-state index contributed by atoms with van der Waals surface area (Å²) in [6, 6.07) is 0. The zero-order valence-electron chi connectivity index (χ0n) is 66.3. The van der Waals surface area contributed by atoms with E-state index < -0.39 is 26.5 Å². The molecule has 9 nitrogen and oxygen atoms in total. The number of quaternary nitrogens is 1. The van der Waals surface area contributed by atoms with Crippen molar-refractivity contribution in [2.24, 2.45) is 0 Å². The Morgan fingerprint density at radius 1 is 0.304 bits per heavy atom. The van der Waals surface area contributed by atoms with E-state index in [0.29, 0.717) is 17.4 Å². The molecule has 0 amide bonds. The summed E-state index contributed by atoms with van der Waals surface area (Å²) in [5, 5.41) is 0. The molecule has 0 aliphatic carbocycles. The van der Waals surface area contributed by atoms with E-state index in [1.54, 1.807) is 0 Å². The van der Waals surface area contributed by atoms with E-state index in [9.17, 15) is 19.0 Å². The van der Waals surface area contributed by atoms with Gasteiger partial charge in [-0.05, 0) is 135 Å². The maximum atomic E-state index is 12.9. The Labute approximate surface area is 629 Å². The summed E-state index contributed by atoms with van der Waals surface area (Å²) in [5.41, 5.74) is 0. The Morgan fingerprint density at radius 2 is 0.529 bits per heavy atom. The lowest BCUT2D eigenvalue weighted by Gasteiger charge is -2.24. The molecular weight excluding hydrogens is 1280 g/mol. The van der Waals surface area contributed by atoms with Gasteiger partial charge in [0.1, 0.15) is 19.8 Å². The molecule has 1 N–H and O–H groups in total. The summed E-state index contributed by atoms with van der Waals surface area (Å²) >= 11 is 0. The standard InChI is InChI=1S/C92H154NO8P/c1-6-8-10-12-14-16-18-20-22-24-26-28-30-32-34-36-38-40-42-44-46-48-50-52-54-56-58-60-62-64-66-68-70-72-74-76-78-80-82-84-91(94)98-88-90(89-100-102(96,97)99-87-86-93(3,4)5)101-92(95)85-83-81-79-77-75-73-71-69-67-65-63-61-59-57-55-53-51-49-47-45-43-41-39-37-35-33-31-29-27-25-23-21-19-17-15-13-11-9-7-2/h8-11,14-17,20-23,26-29,32-35,39,41,45,47,51,53,57,59,63,65,90H,6-7,12-13,18-19,24-25,30-31,36-38,40,42-44,46,48-50,52,54-56,58,60-62,64,66-89H2,1-5H3/p+1/b10-8-,11-9-,16-14-,17-15-,22-20-,23-21-,28-26-,29-27-,34-32-,35-33-,41-39-,47-45-,53-51-,59-57-,65-63-. The number of hydrogen-bond acceptors (Lipinski definition) is 7. The Balaban J connectivity index is 4.01. The molecule has 2 unspecified atom stereocenters. The van der Waals surface area contributed by atoms with Crippen LogP contribution >= 0.6 is 7.82 Å². The van der Waals surface area contributed by atoms with Gasteiger partial charge in [-0.25, -0.2) is 4.57 Å². The largest absolute Gasteiger partial charge is 0.472 e. The van der Waals surface area contributed by atoms with Gasteiger partial charge in [0.15, 0.2) is 6.10 Å². The Morgan fingerprint density at radius 3 is 0.784 bits per heavy atom. The second kappa shape index (κ2) is 80.2. The molecule has 0 spiro atoms. The minimum atomic E-state index is -4.41. The van der Waals surface area contributed by atoms with Crippen molar-refractivity contribution in [1.29, 1.82) is 0 Å². The van der Waals surface area contributed by atoms with Gasteiger partial charge < -0.3 is 18.9 Å². The molecule has 0 saturated carbocycles. The zero-order valence-corrected chi connectivity index (χ0v) is 67.2. The minimum Gasteiger partial charge on any atom is -0.462 e. The normalized spacial score (nSPS) is 14.0. The maximum Gasteiger partial charge on any atom is 0.472 e. The second-order valence-corrected chi connectivity index (χ2v) is 29.8. The smallest absolute Gasteiger partial charge is 0.462 e. The van der Waals surface area contributed by atoms with Crippen LogP contribution in [0.1, 0.15) is 335 Å². The van der Waals surface area contributed by atoms with E-state index in [0.717, 1.165) is 141 Å². The van der Waals surface area contributed by atoms with Gasteiger partial charge >= 0.3 is 19.8 Å². The van der Waals surface area contributed by atoms with Crippen molar-refractivity contribution in [3.8, 4) is 0 Å². The lowest BCUT2D eigenvalue weighted by Crippen LogP contribution is -2.37. The zero-order chi connectivity index (χ0) is 74.0. The topological polar surface area (TPSA) is 108 Å². The molecule has 2 atom stereocenters. The number of unbranched alkanes of at least 4 members (excludes halogenated alkanes) is 31. The first-order valence-corrected chi connectivity index (χ1v) is 43.0. The van der Waals surface area contributed by atoms with E-state index in [2.05, 4.69) is 196 Å². The van der Waals surface area contributed by atoms with E-state index in [-0.39, 0.29) is 32.0 Å². The third kappa shape index (κ3) is 84.1. The van der Waals surface area contributed by atoms with E-state index >= 15 is 0 Å². The van der Waals surface area contributed by atoms with Crippen LogP contribution in [-0.4, -0.2) is 74.9 Å².